The second-order valence-corrected chi connectivity index (χ2v) is 3.51. The highest BCUT2D eigenvalue weighted by Gasteiger charge is 2.25. The van der Waals surface area contributed by atoms with Crippen molar-refractivity contribution in [3.8, 4) is 5.75 Å². The lowest BCUT2D eigenvalue weighted by molar-refractivity contribution is -0.0537. The quantitative estimate of drug-likeness (QED) is 0.805. The van der Waals surface area contributed by atoms with E-state index in [2.05, 4.69) is 4.74 Å². The van der Waals surface area contributed by atoms with Gasteiger partial charge in [0.05, 0.1) is 17.5 Å². The molecule has 0 aromatic heterocycles. The highest BCUT2D eigenvalue weighted by molar-refractivity contribution is 6.18. The first kappa shape index (κ1) is 14.1. The molecule has 0 amide bonds. The molecule has 2 unspecified atom stereocenters. The van der Waals surface area contributed by atoms with E-state index in [0.717, 1.165) is 18.2 Å². The summed E-state index contributed by atoms with van der Waals surface area (Å²) in [4.78, 5) is 0. The molecule has 1 rings (SSSR count). The predicted octanol–water partition coefficient (Wildman–Crippen LogP) is 2.06. The minimum absolute atomic E-state index is 0.371. The summed E-state index contributed by atoms with van der Waals surface area (Å²) in [6.07, 6.45) is -3.21. The van der Waals surface area contributed by atoms with Crippen LogP contribution in [0.4, 0.5) is 13.2 Å². The Morgan fingerprint density at radius 3 is 2.47 bits per heavy atom. The third-order valence-electron chi connectivity index (χ3n) is 2.05. The molecular weight excluding hydrogens is 261 g/mol. The van der Waals surface area contributed by atoms with Crippen LogP contribution >= 0.6 is 11.6 Å². The van der Waals surface area contributed by atoms with Crippen LogP contribution in [0.5, 0.6) is 5.75 Å². The fourth-order valence-corrected chi connectivity index (χ4v) is 1.45. The summed E-state index contributed by atoms with van der Waals surface area (Å²) in [5.41, 5.74) is -0.541. The zero-order valence-electron chi connectivity index (χ0n) is 8.49. The summed E-state index contributed by atoms with van der Waals surface area (Å²) in [5.74, 6) is -1.86. The molecule has 1 aromatic rings. The molecule has 0 radical (unpaired) electrons. The van der Waals surface area contributed by atoms with Crippen molar-refractivity contribution in [1.29, 1.82) is 0 Å². The third kappa shape index (κ3) is 3.49. The van der Waals surface area contributed by atoms with Crippen LogP contribution in [-0.4, -0.2) is 28.8 Å². The topological polar surface area (TPSA) is 49.7 Å². The van der Waals surface area contributed by atoms with Gasteiger partial charge >= 0.3 is 6.61 Å². The van der Waals surface area contributed by atoms with E-state index in [1.165, 1.54) is 0 Å². The molecule has 1 aromatic carbocycles. The largest absolute Gasteiger partial charge is 0.434 e. The van der Waals surface area contributed by atoms with Crippen molar-refractivity contribution in [2.24, 2.45) is 0 Å². The van der Waals surface area contributed by atoms with Gasteiger partial charge in [-0.25, -0.2) is 4.39 Å². The van der Waals surface area contributed by atoms with Gasteiger partial charge in [0.1, 0.15) is 17.7 Å². The molecule has 2 atom stereocenters. The Morgan fingerprint density at radius 2 is 1.94 bits per heavy atom. The first-order valence-electron chi connectivity index (χ1n) is 4.62. The van der Waals surface area contributed by atoms with Crippen molar-refractivity contribution in [3.63, 3.8) is 0 Å². The minimum atomic E-state index is -3.16. The summed E-state index contributed by atoms with van der Waals surface area (Å²) >= 11 is 5.29. The first-order valence-corrected chi connectivity index (χ1v) is 5.16. The third-order valence-corrected chi connectivity index (χ3v) is 2.36. The van der Waals surface area contributed by atoms with Crippen molar-refractivity contribution in [2.45, 2.75) is 18.8 Å². The maximum atomic E-state index is 13.4. The number of aliphatic hydroxyl groups is 2. The van der Waals surface area contributed by atoms with Crippen molar-refractivity contribution < 1.29 is 28.1 Å². The predicted molar refractivity (Wildman–Crippen MR) is 54.7 cm³/mol. The van der Waals surface area contributed by atoms with Crippen molar-refractivity contribution in [1.82, 2.24) is 0 Å². The molecule has 17 heavy (non-hydrogen) atoms. The molecule has 0 fully saturated rings. The van der Waals surface area contributed by atoms with Crippen LogP contribution in [0.1, 0.15) is 11.7 Å². The lowest BCUT2D eigenvalue weighted by Crippen LogP contribution is -2.22. The maximum absolute atomic E-state index is 13.4. The zero-order valence-corrected chi connectivity index (χ0v) is 9.24. The van der Waals surface area contributed by atoms with Crippen LogP contribution in [0.15, 0.2) is 18.2 Å². The molecule has 0 saturated heterocycles. The van der Waals surface area contributed by atoms with Gasteiger partial charge in [-0.3, -0.25) is 0 Å². The molecule has 96 valence electrons. The van der Waals surface area contributed by atoms with Crippen LogP contribution in [0.25, 0.3) is 0 Å². The maximum Gasteiger partial charge on any atom is 0.387 e. The molecule has 7 heteroatoms. The van der Waals surface area contributed by atoms with E-state index in [-0.39, 0.29) is 5.88 Å². The summed E-state index contributed by atoms with van der Waals surface area (Å²) in [6.45, 7) is -3.16. The number of aliphatic hydroxyl groups excluding tert-OH is 2. The molecule has 0 bridgehead atoms. The Morgan fingerprint density at radius 1 is 1.29 bits per heavy atom. The minimum Gasteiger partial charge on any atom is -0.434 e. The van der Waals surface area contributed by atoms with Crippen molar-refractivity contribution in [2.75, 3.05) is 5.88 Å². The van der Waals surface area contributed by atoms with Crippen molar-refractivity contribution in [3.05, 3.63) is 29.6 Å². The van der Waals surface area contributed by atoms with Crippen LogP contribution < -0.4 is 4.74 Å². The Kier molecular flexibility index (Phi) is 5.04. The Balaban J connectivity index is 3.10. The van der Waals surface area contributed by atoms with Gasteiger partial charge in [0.2, 0.25) is 0 Å². The molecule has 0 heterocycles. The number of halogens is 4. The van der Waals surface area contributed by atoms with Crippen LogP contribution in [0.3, 0.4) is 0 Å². The molecule has 3 nitrogen and oxygen atoms in total. The van der Waals surface area contributed by atoms with Crippen LogP contribution in [0.2, 0.25) is 0 Å². The number of ether oxygens (including phenoxy) is 1. The molecule has 0 aliphatic heterocycles. The zero-order chi connectivity index (χ0) is 13.0. The summed E-state index contributed by atoms with van der Waals surface area (Å²) < 4.78 is 41.6. The van der Waals surface area contributed by atoms with E-state index < -0.39 is 35.9 Å². The first-order chi connectivity index (χ1) is 7.97. The smallest absolute Gasteiger partial charge is 0.387 e. The summed E-state index contributed by atoms with van der Waals surface area (Å²) in [7, 11) is 0. The van der Waals surface area contributed by atoms with Gasteiger partial charge in [0, 0.05) is 0 Å². The van der Waals surface area contributed by atoms with Crippen LogP contribution in [0, 0.1) is 5.82 Å². The second kappa shape index (κ2) is 6.09. The second-order valence-electron chi connectivity index (χ2n) is 3.20. The van der Waals surface area contributed by atoms with E-state index >= 15 is 0 Å². The Labute approximate surface area is 100 Å². The number of hydrogen-bond donors (Lipinski definition) is 2. The number of alkyl halides is 3. The number of benzene rings is 1. The average Bonchev–Trinajstić information content (AvgIpc) is 2.26. The van der Waals surface area contributed by atoms with E-state index in [9.17, 15) is 23.4 Å². The fourth-order valence-electron chi connectivity index (χ4n) is 1.28. The number of rotatable bonds is 5. The van der Waals surface area contributed by atoms with Crippen molar-refractivity contribution >= 4 is 11.6 Å². The molecule has 2 N–H and O–H groups in total. The van der Waals surface area contributed by atoms with Gasteiger partial charge in [0.25, 0.3) is 0 Å². The standard InChI is InChI=1S/C10H10ClF3O3/c11-4-6(15)9(16)8-5(12)2-1-3-7(8)17-10(13)14/h1-3,6,9-10,15-16H,4H2. The molecule has 0 aliphatic carbocycles. The van der Waals surface area contributed by atoms with Gasteiger partial charge < -0.3 is 14.9 Å². The van der Waals surface area contributed by atoms with Gasteiger partial charge in [0.15, 0.2) is 0 Å². The van der Waals surface area contributed by atoms with Crippen LogP contribution in [-0.2, 0) is 0 Å². The normalized spacial score (nSPS) is 14.8. The van der Waals surface area contributed by atoms with Gasteiger partial charge in [-0.1, -0.05) is 6.07 Å². The van der Waals surface area contributed by atoms with E-state index in [1.54, 1.807) is 0 Å². The molecule has 0 saturated carbocycles. The summed E-state index contributed by atoms with van der Waals surface area (Å²) in [5, 5.41) is 18.8. The number of hydrogen-bond acceptors (Lipinski definition) is 3. The van der Waals surface area contributed by atoms with E-state index in [4.69, 9.17) is 11.6 Å². The van der Waals surface area contributed by atoms with Gasteiger partial charge in [-0.05, 0) is 12.1 Å². The average molecular weight is 271 g/mol. The van der Waals surface area contributed by atoms with Gasteiger partial charge in [-0.2, -0.15) is 8.78 Å². The molecule has 0 spiro atoms. The Bertz CT molecular complexity index is 376. The monoisotopic (exact) mass is 270 g/mol. The lowest BCUT2D eigenvalue weighted by Gasteiger charge is -2.19. The molecule has 0 aliphatic rings. The lowest BCUT2D eigenvalue weighted by atomic mass is 10.0. The highest BCUT2D eigenvalue weighted by atomic mass is 35.5. The highest BCUT2D eigenvalue weighted by Crippen LogP contribution is 2.31. The molecular formula is C10H10ClF3O3. The van der Waals surface area contributed by atoms with E-state index in [1.807, 2.05) is 0 Å². The SMILES string of the molecule is OC(CCl)C(O)c1c(F)cccc1OC(F)F. The summed E-state index contributed by atoms with van der Waals surface area (Å²) in [6, 6.07) is 3.17. The fraction of sp³-hybridized carbons (Fsp3) is 0.400. The van der Waals surface area contributed by atoms with E-state index in [0.29, 0.717) is 0 Å². The van der Waals surface area contributed by atoms with Gasteiger partial charge in [-0.15, -0.1) is 11.6 Å². The Hall–Kier alpha value is -0.980.